The molecule has 1 N–H and O–H groups in total. The maximum Gasteiger partial charge on any atom is 0.270 e. The van der Waals surface area contributed by atoms with Crippen molar-refractivity contribution in [3.8, 4) is 0 Å². The molecular formula is C14H19N3O3S. The first-order chi connectivity index (χ1) is 10.1. The third kappa shape index (κ3) is 3.87. The summed E-state index contributed by atoms with van der Waals surface area (Å²) in [6, 6.07) is 4.43. The smallest absolute Gasteiger partial charge is 0.270 e. The maximum absolute atomic E-state index is 12.6. The zero-order chi connectivity index (χ0) is 15.2. The number of benzene rings is 1. The lowest BCUT2D eigenvalue weighted by molar-refractivity contribution is -0.384. The molecule has 7 heteroatoms. The van der Waals surface area contributed by atoms with Crippen LogP contribution in [0.2, 0.25) is 0 Å². The van der Waals surface area contributed by atoms with E-state index in [1.54, 1.807) is 11.0 Å². The Labute approximate surface area is 128 Å². The number of carbonyl (C=O) groups is 1. The summed E-state index contributed by atoms with van der Waals surface area (Å²) in [5, 5.41) is 14.1. The van der Waals surface area contributed by atoms with Crippen molar-refractivity contribution in [2.75, 3.05) is 36.5 Å². The third-order valence-corrected chi connectivity index (χ3v) is 4.25. The molecule has 21 heavy (non-hydrogen) atoms. The lowest BCUT2D eigenvalue weighted by Gasteiger charge is -2.27. The first-order valence-electron chi connectivity index (χ1n) is 7.02. The molecule has 1 heterocycles. The monoisotopic (exact) mass is 309 g/mol. The number of carbonyl (C=O) groups excluding carboxylic acids is 1. The van der Waals surface area contributed by atoms with Crippen LogP contribution in [0.5, 0.6) is 0 Å². The van der Waals surface area contributed by atoms with Gasteiger partial charge in [0.25, 0.3) is 11.6 Å². The molecule has 1 aliphatic rings. The van der Waals surface area contributed by atoms with Crippen LogP contribution >= 0.6 is 11.8 Å². The standard InChI is InChI=1S/C14H19N3O3S/c1-2-5-15-13-4-3-11(17(19)20)10-12(13)14(18)16-6-8-21-9-7-16/h3-4,10,15H,2,5-9H2,1H3. The fraction of sp³-hybridized carbons (Fsp3) is 0.500. The van der Waals surface area contributed by atoms with Gasteiger partial charge in [0.2, 0.25) is 0 Å². The van der Waals surface area contributed by atoms with Gasteiger partial charge in [0.1, 0.15) is 0 Å². The van der Waals surface area contributed by atoms with Crippen LogP contribution in [0.25, 0.3) is 0 Å². The minimum atomic E-state index is -0.466. The Morgan fingerprint density at radius 2 is 2.14 bits per heavy atom. The summed E-state index contributed by atoms with van der Waals surface area (Å²) in [6.07, 6.45) is 0.922. The molecule has 1 amide bonds. The molecule has 1 aromatic carbocycles. The maximum atomic E-state index is 12.6. The number of rotatable bonds is 5. The van der Waals surface area contributed by atoms with Gasteiger partial charge in [-0.25, -0.2) is 0 Å². The van der Waals surface area contributed by atoms with Gasteiger partial charge < -0.3 is 10.2 Å². The number of anilines is 1. The average Bonchev–Trinajstić information content (AvgIpc) is 2.52. The zero-order valence-electron chi connectivity index (χ0n) is 12.0. The van der Waals surface area contributed by atoms with Crippen LogP contribution < -0.4 is 5.32 Å². The second-order valence-electron chi connectivity index (χ2n) is 4.82. The van der Waals surface area contributed by atoms with Crippen LogP contribution in [0.3, 0.4) is 0 Å². The second-order valence-corrected chi connectivity index (χ2v) is 6.04. The molecule has 1 fully saturated rings. The molecule has 6 nitrogen and oxygen atoms in total. The fourth-order valence-corrected chi connectivity index (χ4v) is 3.08. The summed E-state index contributed by atoms with van der Waals surface area (Å²) in [5.41, 5.74) is 1.02. The predicted molar refractivity (Wildman–Crippen MR) is 85.1 cm³/mol. The molecule has 2 rings (SSSR count). The van der Waals surface area contributed by atoms with Crippen molar-refractivity contribution in [1.82, 2.24) is 4.90 Å². The molecule has 1 saturated heterocycles. The highest BCUT2D eigenvalue weighted by atomic mass is 32.2. The van der Waals surface area contributed by atoms with Gasteiger partial charge in [0.15, 0.2) is 0 Å². The van der Waals surface area contributed by atoms with Crippen molar-refractivity contribution >= 4 is 29.0 Å². The van der Waals surface area contributed by atoms with Gasteiger partial charge in [0.05, 0.1) is 10.5 Å². The molecule has 114 valence electrons. The molecule has 1 aromatic rings. The predicted octanol–water partition coefficient (Wildman–Crippen LogP) is 2.61. The first kappa shape index (κ1) is 15.6. The van der Waals surface area contributed by atoms with Gasteiger partial charge in [-0.1, -0.05) is 6.92 Å². The Bertz CT molecular complexity index is 530. The summed E-state index contributed by atoms with van der Waals surface area (Å²) in [7, 11) is 0. The van der Waals surface area contributed by atoms with Gasteiger partial charge in [-0.3, -0.25) is 14.9 Å². The zero-order valence-corrected chi connectivity index (χ0v) is 12.8. The molecule has 0 radical (unpaired) electrons. The van der Waals surface area contributed by atoms with Crippen molar-refractivity contribution in [3.05, 3.63) is 33.9 Å². The number of hydrogen-bond donors (Lipinski definition) is 1. The molecule has 0 bridgehead atoms. The number of nitrogens with zero attached hydrogens (tertiary/aromatic N) is 2. The summed E-state index contributed by atoms with van der Waals surface area (Å²) in [6.45, 7) is 4.15. The Hall–Kier alpha value is -1.76. The van der Waals surface area contributed by atoms with E-state index < -0.39 is 4.92 Å². The Kier molecular flexibility index (Phi) is 5.44. The highest BCUT2D eigenvalue weighted by Gasteiger charge is 2.23. The largest absolute Gasteiger partial charge is 0.384 e. The molecular weight excluding hydrogens is 290 g/mol. The van der Waals surface area contributed by atoms with E-state index >= 15 is 0 Å². The van der Waals surface area contributed by atoms with Crippen molar-refractivity contribution < 1.29 is 9.72 Å². The van der Waals surface area contributed by atoms with E-state index in [0.29, 0.717) is 24.3 Å². The van der Waals surface area contributed by atoms with Crippen molar-refractivity contribution in [2.45, 2.75) is 13.3 Å². The highest BCUT2D eigenvalue weighted by Crippen LogP contribution is 2.24. The lowest BCUT2D eigenvalue weighted by Crippen LogP contribution is -2.38. The number of nitrogens with one attached hydrogen (secondary N) is 1. The van der Waals surface area contributed by atoms with Gasteiger partial charge in [-0.05, 0) is 12.5 Å². The van der Waals surface area contributed by atoms with Gasteiger partial charge >= 0.3 is 0 Å². The van der Waals surface area contributed by atoms with Gasteiger partial charge in [-0.15, -0.1) is 0 Å². The molecule has 0 spiro atoms. The molecule has 0 unspecified atom stereocenters. The number of nitro groups is 1. The number of nitro benzene ring substituents is 1. The molecule has 0 aliphatic carbocycles. The third-order valence-electron chi connectivity index (χ3n) is 3.31. The van der Waals surface area contributed by atoms with Crippen LogP contribution in [0.15, 0.2) is 18.2 Å². The van der Waals surface area contributed by atoms with Crippen LogP contribution in [0.4, 0.5) is 11.4 Å². The Balaban J connectivity index is 2.29. The summed E-state index contributed by atoms with van der Waals surface area (Å²) in [4.78, 5) is 24.9. The van der Waals surface area contributed by atoms with Crippen molar-refractivity contribution in [2.24, 2.45) is 0 Å². The van der Waals surface area contributed by atoms with E-state index in [2.05, 4.69) is 5.32 Å². The molecule has 1 aliphatic heterocycles. The van der Waals surface area contributed by atoms with E-state index in [-0.39, 0.29) is 11.6 Å². The average molecular weight is 309 g/mol. The number of non-ortho nitro benzene ring substituents is 1. The second kappa shape index (κ2) is 7.31. The SMILES string of the molecule is CCCNc1ccc([N+](=O)[O-])cc1C(=O)N1CCSCC1. The van der Waals surface area contributed by atoms with E-state index in [4.69, 9.17) is 0 Å². The van der Waals surface area contributed by atoms with E-state index in [0.717, 1.165) is 24.5 Å². The quantitative estimate of drug-likeness (QED) is 0.668. The highest BCUT2D eigenvalue weighted by molar-refractivity contribution is 7.99. The van der Waals surface area contributed by atoms with Gasteiger partial charge in [0, 0.05) is 49.0 Å². The Morgan fingerprint density at radius 3 is 2.76 bits per heavy atom. The number of amides is 1. The van der Waals surface area contributed by atoms with E-state index in [1.165, 1.54) is 12.1 Å². The summed E-state index contributed by atoms with van der Waals surface area (Å²) < 4.78 is 0. The van der Waals surface area contributed by atoms with Crippen molar-refractivity contribution in [1.29, 1.82) is 0 Å². The molecule has 0 atom stereocenters. The van der Waals surface area contributed by atoms with Gasteiger partial charge in [-0.2, -0.15) is 11.8 Å². The number of thioether (sulfide) groups is 1. The summed E-state index contributed by atoms with van der Waals surface area (Å²) in [5.74, 6) is 1.70. The van der Waals surface area contributed by atoms with Crippen molar-refractivity contribution in [3.63, 3.8) is 0 Å². The Morgan fingerprint density at radius 1 is 1.43 bits per heavy atom. The first-order valence-corrected chi connectivity index (χ1v) is 8.18. The topological polar surface area (TPSA) is 75.5 Å². The van der Waals surface area contributed by atoms with Crippen LogP contribution in [-0.2, 0) is 0 Å². The normalized spacial score (nSPS) is 14.8. The van der Waals surface area contributed by atoms with E-state index in [9.17, 15) is 14.9 Å². The fourth-order valence-electron chi connectivity index (χ4n) is 2.17. The minimum absolute atomic E-state index is 0.0493. The minimum Gasteiger partial charge on any atom is -0.384 e. The van der Waals surface area contributed by atoms with Crippen LogP contribution in [0, 0.1) is 10.1 Å². The summed E-state index contributed by atoms with van der Waals surface area (Å²) >= 11 is 1.82. The van der Waals surface area contributed by atoms with Crippen LogP contribution in [0.1, 0.15) is 23.7 Å². The van der Waals surface area contributed by atoms with Crippen LogP contribution in [-0.4, -0.2) is 46.9 Å². The number of hydrogen-bond acceptors (Lipinski definition) is 5. The lowest BCUT2D eigenvalue weighted by atomic mass is 10.1. The van der Waals surface area contributed by atoms with E-state index in [1.807, 2.05) is 18.7 Å². The molecule has 0 saturated carbocycles. The molecule has 0 aromatic heterocycles.